The van der Waals surface area contributed by atoms with Crippen molar-refractivity contribution >= 4 is 0 Å². The summed E-state index contributed by atoms with van der Waals surface area (Å²) >= 11 is 0. The smallest absolute Gasteiger partial charge is 0.186 e. The highest BCUT2D eigenvalue weighted by molar-refractivity contribution is 4.89. The van der Waals surface area contributed by atoms with Crippen LogP contribution in [0.15, 0.2) is 0 Å². The number of aliphatic hydroxyl groups excluding tert-OH is 5. The standard InChI is InChI=1S/C14H26O8/c15-7-9-10(17)11(18)12(19)13(22-9)21-6-5-14(20)3-1-8(16)2-4-14/h8-13,15-20H,1-7H2/t8?,9-,10-,11+,12-,13-,14?/m1/s1. The zero-order valence-corrected chi connectivity index (χ0v) is 12.4. The summed E-state index contributed by atoms with van der Waals surface area (Å²) in [7, 11) is 0. The summed E-state index contributed by atoms with van der Waals surface area (Å²) in [5, 5.41) is 58.0. The third-order valence-electron chi connectivity index (χ3n) is 4.58. The van der Waals surface area contributed by atoms with E-state index in [-0.39, 0.29) is 12.7 Å². The summed E-state index contributed by atoms with van der Waals surface area (Å²) in [5.41, 5.74) is -0.909. The van der Waals surface area contributed by atoms with Crippen LogP contribution >= 0.6 is 0 Å². The maximum atomic E-state index is 10.4. The third kappa shape index (κ3) is 4.15. The Hall–Kier alpha value is -0.320. The molecule has 2 rings (SSSR count). The molecule has 2 fully saturated rings. The van der Waals surface area contributed by atoms with E-state index >= 15 is 0 Å². The fraction of sp³-hybridized carbons (Fsp3) is 1.00. The van der Waals surface area contributed by atoms with Crippen LogP contribution in [0.2, 0.25) is 0 Å². The van der Waals surface area contributed by atoms with Gasteiger partial charge in [-0.2, -0.15) is 0 Å². The van der Waals surface area contributed by atoms with E-state index in [9.17, 15) is 25.5 Å². The SMILES string of the molecule is OC[C@H]1O[C@@H](OCCC2(O)CCC(O)CC2)[C@H](O)[C@@H](O)[C@@H]1O. The first-order valence-electron chi connectivity index (χ1n) is 7.69. The van der Waals surface area contributed by atoms with E-state index in [0.29, 0.717) is 32.1 Å². The van der Waals surface area contributed by atoms with Crippen LogP contribution in [0.1, 0.15) is 32.1 Å². The summed E-state index contributed by atoms with van der Waals surface area (Å²) in [6.07, 6.45) is -4.51. The Balaban J connectivity index is 1.80. The summed E-state index contributed by atoms with van der Waals surface area (Å²) in [4.78, 5) is 0. The topological polar surface area (TPSA) is 140 Å². The molecule has 8 nitrogen and oxygen atoms in total. The first kappa shape index (κ1) is 18.0. The predicted octanol–water partition coefficient (Wildman–Crippen LogP) is -2.14. The fourth-order valence-electron chi connectivity index (χ4n) is 2.96. The molecule has 1 aliphatic heterocycles. The molecule has 0 bridgehead atoms. The molecule has 0 unspecified atom stereocenters. The number of ether oxygens (including phenoxy) is 2. The van der Waals surface area contributed by atoms with E-state index in [1.807, 2.05) is 0 Å². The van der Waals surface area contributed by atoms with Gasteiger partial charge in [0.2, 0.25) is 0 Å². The summed E-state index contributed by atoms with van der Waals surface area (Å²) in [6.45, 7) is -0.415. The zero-order valence-electron chi connectivity index (χ0n) is 12.4. The molecule has 0 amide bonds. The molecule has 22 heavy (non-hydrogen) atoms. The Morgan fingerprint density at radius 1 is 1.00 bits per heavy atom. The summed E-state index contributed by atoms with van der Waals surface area (Å²) < 4.78 is 10.6. The van der Waals surface area contributed by atoms with Crippen LogP contribution in [0, 0.1) is 0 Å². The summed E-state index contributed by atoms with van der Waals surface area (Å²) in [6, 6.07) is 0. The van der Waals surface area contributed by atoms with Crippen LogP contribution in [0.4, 0.5) is 0 Å². The average Bonchev–Trinajstić information content (AvgIpc) is 2.50. The van der Waals surface area contributed by atoms with Gasteiger partial charge >= 0.3 is 0 Å². The Kier molecular flexibility index (Phi) is 6.14. The molecule has 0 aromatic rings. The van der Waals surface area contributed by atoms with E-state index in [1.165, 1.54) is 0 Å². The molecule has 1 aliphatic carbocycles. The Bertz CT molecular complexity index is 342. The van der Waals surface area contributed by atoms with Gasteiger partial charge < -0.3 is 40.1 Å². The average molecular weight is 322 g/mol. The second kappa shape index (κ2) is 7.50. The number of aliphatic hydroxyl groups is 6. The van der Waals surface area contributed by atoms with Crippen LogP contribution in [-0.4, -0.2) is 86.3 Å². The molecule has 8 heteroatoms. The maximum absolute atomic E-state index is 10.4. The highest BCUT2D eigenvalue weighted by atomic mass is 16.7. The van der Waals surface area contributed by atoms with Crippen molar-refractivity contribution in [1.29, 1.82) is 0 Å². The second-order valence-electron chi connectivity index (χ2n) is 6.27. The molecule has 0 spiro atoms. The minimum Gasteiger partial charge on any atom is -0.394 e. The number of hydrogen-bond donors (Lipinski definition) is 6. The molecule has 0 radical (unpaired) electrons. The van der Waals surface area contributed by atoms with Gasteiger partial charge in [0, 0.05) is 0 Å². The molecule has 0 aromatic heterocycles. The lowest BCUT2D eigenvalue weighted by Gasteiger charge is -2.40. The first-order chi connectivity index (χ1) is 10.4. The second-order valence-corrected chi connectivity index (χ2v) is 6.27. The first-order valence-corrected chi connectivity index (χ1v) is 7.69. The van der Waals surface area contributed by atoms with E-state index < -0.39 is 42.9 Å². The van der Waals surface area contributed by atoms with E-state index in [2.05, 4.69) is 0 Å². The zero-order chi connectivity index (χ0) is 16.3. The van der Waals surface area contributed by atoms with E-state index in [0.717, 1.165) is 0 Å². The Morgan fingerprint density at radius 3 is 2.23 bits per heavy atom. The number of hydrogen-bond acceptors (Lipinski definition) is 8. The van der Waals surface area contributed by atoms with Crippen LogP contribution in [0.5, 0.6) is 0 Å². The van der Waals surface area contributed by atoms with Crippen molar-refractivity contribution in [3.8, 4) is 0 Å². The van der Waals surface area contributed by atoms with E-state index in [1.54, 1.807) is 0 Å². The normalized spacial score (nSPS) is 46.6. The monoisotopic (exact) mass is 322 g/mol. The van der Waals surface area contributed by atoms with Gasteiger partial charge in [-0.25, -0.2) is 0 Å². The highest BCUT2D eigenvalue weighted by Gasteiger charge is 2.44. The lowest BCUT2D eigenvalue weighted by Crippen LogP contribution is -2.59. The quantitative estimate of drug-likeness (QED) is 0.337. The molecular weight excluding hydrogens is 296 g/mol. The van der Waals surface area contributed by atoms with Crippen LogP contribution in [0.3, 0.4) is 0 Å². The lowest BCUT2D eigenvalue weighted by molar-refractivity contribution is -0.302. The van der Waals surface area contributed by atoms with E-state index in [4.69, 9.17) is 14.6 Å². The summed E-state index contributed by atoms with van der Waals surface area (Å²) in [5.74, 6) is 0. The van der Waals surface area contributed by atoms with Crippen molar-refractivity contribution in [2.45, 2.75) is 74.5 Å². The molecule has 1 saturated heterocycles. The van der Waals surface area contributed by atoms with Crippen molar-refractivity contribution in [3.63, 3.8) is 0 Å². The molecule has 0 aromatic carbocycles. The molecule has 6 N–H and O–H groups in total. The minimum atomic E-state index is -1.47. The van der Waals surface area contributed by atoms with Crippen molar-refractivity contribution in [3.05, 3.63) is 0 Å². The van der Waals surface area contributed by atoms with Crippen LogP contribution in [-0.2, 0) is 9.47 Å². The van der Waals surface area contributed by atoms with Gasteiger partial charge in [-0.05, 0) is 32.1 Å². The molecule has 2 aliphatic rings. The third-order valence-corrected chi connectivity index (χ3v) is 4.58. The van der Waals surface area contributed by atoms with Crippen molar-refractivity contribution in [1.82, 2.24) is 0 Å². The van der Waals surface area contributed by atoms with Gasteiger partial charge in [0.15, 0.2) is 6.29 Å². The predicted molar refractivity (Wildman–Crippen MR) is 73.8 cm³/mol. The number of rotatable bonds is 5. The fourth-order valence-corrected chi connectivity index (χ4v) is 2.96. The van der Waals surface area contributed by atoms with Crippen molar-refractivity contribution in [2.75, 3.05) is 13.2 Å². The van der Waals surface area contributed by atoms with Gasteiger partial charge in [0.05, 0.1) is 24.9 Å². The van der Waals surface area contributed by atoms with Gasteiger partial charge in [0.25, 0.3) is 0 Å². The molecule has 130 valence electrons. The van der Waals surface area contributed by atoms with Gasteiger partial charge in [-0.1, -0.05) is 0 Å². The molecule has 1 heterocycles. The Labute approximate surface area is 128 Å². The lowest BCUT2D eigenvalue weighted by atomic mass is 9.81. The van der Waals surface area contributed by atoms with Crippen molar-refractivity contribution < 1.29 is 40.1 Å². The molecule has 5 atom stereocenters. The van der Waals surface area contributed by atoms with Gasteiger partial charge in [-0.15, -0.1) is 0 Å². The molecule has 1 saturated carbocycles. The van der Waals surface area contributed by atoms with Crippen LogP contribution < -0.4 is 0 Å². The van der Waals surface area contributed by atoms with Crippen LogP contribution in [0.25, 0.3) is 0 Å². The maximum Gasteiger partial charge on any atom is 0.186 e. The van der Waals surface area contributed by atoms with Gasteiger partial charge in [0.1, 0.15) is 24.4 Å². The molecular formula is C14H26O8. The largest absolute Gasteiger partial charge is 0.394 e. The van der Waals surface area contributed by atoms with Crippen molar-refractivity contribution in [2.24, 2.45) is 0 Å². The Morgan fingerprint density at radius 2 is 1.64 bits per heavy atom. The highest BCUT2D eigenvalue weighted by Crippen LogP contribution is 2.31. The minimum absolute atomic E-state index is 0.0925. The van der Waals surface area contributed by atoms with Gasteiger partial charge in [-0.3, -0.25) is 0 Å².